The van der Waals surface area contributed by atoms with Gasteiger partial charge in [0.05, 0.1) is 0 Å². The molecule has 0 bridgehead atoms. The first-order valence-electron chi connectivity index (χ1n) is 10.2. The number of hydrogen-bond donors (Lipinski definition) is 1. The molecule has 268 valence electrons. The van der Waals surface area contributed by atoms with E-state index in [1.54, 1.807) is 0 Å². The Labute approximate surface area is 229 Å². The quantitative estimate of drug-likeness (QED) is 0.152. The molecule has 2 nitrogen and oxygen atoms in total. The molecule has 0 fully saturated rings. The Morgan fingerprint density at radius 1 is 0.444 bits per heavy atom. The molecule has 0 rings (SSSR count). The average molecular weight is 732 g/mol. The van der Waals surface area contributed by atoms with Crippen molar-refractivity contribution in [3.05, 3.63) is 11.1 Å². The van der Waals surface area contributed by atoms with Crippen LogP contribution in [0.3, 0.4) is 0 Å². The van der Waals surface area contributed by atoms with Crippen molar-refractivity contribution in [1.29, 1.82) is 0 Å². The van der Waals surface area contributed by atoms with E-state index in [-0.39, 0.29) is 0 Å². The van der Waals surface area contributed by atoms with E-state index >= 15 is 0 Å². The molecule has 0 aromatic carbocycles. The summed E-state index contributed by atoms with van der Waals surface area (Å²) in [6.45, 7) is -1.69. The molecule has 0 spiro atoms. The van der Waals surface area contributed by atoms with Crippen LogP contribution in [0.25, 0.3) is 0 Å². The largest absolute Gasteiger partial charge is 0.478 e. The molecule has 0 saturated heterocycles. The molecule has 27 heteroatoms. The molecule has 0 aromatic rings. The molecule has 0 aliphatic heterocycles. The van der Waals surface area contributed by atoms with Crippen LogP contribution < -0.4 is 0 Å². The van der Waals surface area contributed by atoms with Gasteiger partial charge >= 0.3 is 77.3 Å². The van der Waals surface area contributed by atoms with Gasteiger partial charge in [0.2, 0.25) is 0 Å². The minimum Gasteiger partial charge on any atom is -0.478 e. The van der Waals surface area contributed by atoms with Crippen molar-refractivity contribution in [2.45, 2.75) is 91.6 Å². The van der Waals surface area contributed by atoms with Crippen molar-refractivity contribution in [3.8, 4) is 0 Å². The molecule has 0 aliphatic rings. The average Bonchev–Trinajstić information content (AvgIpc) is 2.79. The van der Waals surface area contributed by atoms with Gasteiger partial charge in [-0.25, -0.2) is 4.79 Å². The van der Waals surface area contributed by atoms with E-state index in [0.717, 1.165) is 0 Å². The maximum absolute atomic E-state index is 14.5. The zero-order valence-corrected chi connectivity index (χ0v) is 20.5. The normalized spacial score (nSPS) is 17.0. The fourth-order valence-corrected chi connectivity index (χ4v) is 2.99. The summed E-state index contributed by atoms with van der Waals surface area (Å²) in [6.07, 6.45) is -11.0. The number of allylic oxidation sites excluding steroid dienone is 1. The van der Waals surface area contributed by atoms with E-state index in [9.17, 15) is 115 Å². The SMILES string of the molecule is CCC(=C(C(=O)O)C(F)(F)C(F)(F)C(F)(F)C(F)(F)C(F)(F)C(F)(F)C(F)(F)C(F)(F)F)C(F)(F)C(F)(F)C(F)(F)C(C)(F)F. The Balaban J connectivity index is 7.91. The standard InChI is InChI=1S/C18H9F25O2/c1-3-4(8(21,22)11(27,28)10(25,26)7(2,19)20)5(6(44)45)9(23,24)12(29,30)13(31,32)14(33,34)15(35,36)16(37,38)17(39,40)18(41,42)43/h3H2,1-2H3,(H,44,45). The second-order valence-corrected chi connectivity index (χ2v) is 8.64. The van der Waals surface area contributed by atoms with E-state index in [1.807, 2.05) is 0 Å². The van der Waals surface area contributed by atoms with Gasteiger partial charge in [0.25, 0.3) is 0 Å². The van der Waals surface area contributed by atoms with Crippen molar-refractivity contribution in [2.24, 2.45) is 0 Å². The van der Waals surface area contributed by atoms with Gasteiger partial charge in [-0.15, -0.1) is 0 Å². The monoisotopic (exact) mass is 732 g/mol. The van der Waals surface area contributed by atoms with Crippen LogP contribution in [0.5, 0.6) is 0 Å². The van der Waals surface area contributed by atoms with Gasteiger partial charge in [-0.2, -0.15) is 110 Å². The first-order chi connectivity index (χ1) is 19.0. The van der Waals surface area contributed by atoms with Gasteiger partial charge < -0.3 is 5.11 Å². The molecule has 0 heterocycles. The molecule has 0 unspecified atom stereocenters. The highest BCUT2D eigenvalue weighted by Gasteiger charge is 2.95. The first kappa shape index (κ1) is 42.5. The highest BCUT2D eigenvalue weighted by molar-refractivity contribution is 5.90. The van der Waals surface area contributed by atoms with Crippen molar-refractivity contribution in [2.75, 3.05) is 0 Å². The molecule has 0 radical (unpaired) electrons. The number of aliphatic carboxylic acids is 1. The minimum atomic E-state index is -9.36. The third-order valence-electron chi connectivity index (χ3n) is 5.62. The van der Waals surface area contributed by atoms with Crippen molar-refractivity contribution < 1.29 is 120 Å². The summed E-state index contributed by atoms with van der Waals surface area (Å²) >= 11 is 0. The van der Waals surface area contributed by atoms with E-state index < -0.39 is 109 Å². The van der Waals surface area contributed by atoms with Crippen molar-refractivity contribution in [3.63, 3.8) is 0 Å². The molecular formula is C18H9F25O2. The Morgan fingerprint density at radius 2 is 0.711 bits per heavy atom. The third kappa shape index (κ3) is 5.39. The van der Waals surface area contributed by atoms with Crippen LogP contribution in [0, 0.1) is 0 Å². The lowest BCUT2D eigenvalue weighted by molar-refractivity contribution is -0.460. The number of rotatable bonds is 13. The predicted molar refractivity (Wildman–Crippen MR) is 91.1 cm³/mol. The van der Waals surface area contributed by atoms with Gasteiger partial charge in [-0.1, -0.05) is 6.92 Å². The van der Waals surface area contributed by atoms with Crippen LogP contribution in [0.1, 0.15) is 20.3 Å². The summed E-state index contributed by atoms with van der Waals surface area (Å²) in [5.41, 5.74) is -9.09. The fraction of sp³-hybridized carbons (Fsp3) is 0.833. The van der Waals surface area contributed by atoms with Crippen LogP contribution in [0.4, 0.5) is 110 Å². The molecule has 0 atom stereocenters. The van der Waals surface area contributed by atoms with Gasteiger partial charge in [0, 0.05) is 12.5 Å². The van der Waals surface area contributed by atoms with E-state index in [4.69, 9.17) is 5.11 Å². The zero-order valence-electron chi connectivity index (χ0n) is 20.5. The molecule has 45 heavy (non-hydrogen) atoms. The summed E-state index contributed by atoms with van der Waals surface area (Å²) in [5, 5.41) is 8.61. The van der Waals surface area contributed by atoms with Crippen LogP contribution in [0.2, 0.25) is 0 Å². The molecule has 0 saturated carbocycles. The Morgan fingerprint density at radius 3 is 0.956 bits per heavy atom. The molecule has 0 aromatic heterocycles. The van der Waals surface area contributed by atoms with Gasteiger partial charge in [0.15, 0.2) is 0 Å². The number of carboxylic acids is 1. The van der Waals surface area contributed by atoms with Gasteiger partial charge in [-0.3, -0.25) is 0 Å². The summed E-state index contributed by atoms with van der Waals surface area (Å²) < 4.78 is 338. The predicted octanol–water partition coefficient (Wildman–Crippen LogP) is 9.35. The van der Waals surface area contributed by atoms with E-state index in [2.05, 4.69) is 0 Å². The Bertz CT molecular complexity index is 1150. The second kappa shape index (κ2) is 10.7. The maximum Gasteiger partial charge on any atom is 0.460 e. The lowest BCUT2D eigenvalue weighted by Gasteiger charge is -2.43. The third-order valence-corrected chi connectivity index (χ3v) is 5.62. The number of halogens is 25. The molecule has 1 N–H and O–H groups in total. The van der Waals surface area contributed by atoms with Gasteiger partial charge in [-0.05, 0) is 6.42 Å². The molecule has 0 amide bonds. The second-order valence-electron chi connectivity index (χ2n) is 8.64. The Hall–Kier alpha value is -2.54. The van der Waals surface area contributed by atoms with Crippen LogP contribution in [0.15, 0.2) is 11.1 Å². The number of carboxylic acid groups (broad SMARTS) is 1. The maximum atomic E-state index is 14.5. The Kier molecular flexibility index (Phi) is 10.1. The zero-order chi connectivity index (χ0) is 37.4. The lowest BCUT2D eigenvalue weighted by Crippen LogP contribution is -2.74. The lowest BCUT2D eigenvalue weighted by atomic mass is 9.83. The van der Waals surface area contributed by atoms with Gasteiger partial charge in [0.1, 0.15) is 5.57 Å². The van der Waals surface area contributed by atoms with Crippen molar-refractivity contribution >= 4 is 5.97 Å². The van der Waals surface area contributed by atoms with Crippen LogP contribution in [-0.4, -0.2) is 82.4 Å². The summed E-state index contributed by atoms with van der Waals surface area (Å²) in [6, 6.07) is 0. The molecule has 0 aliphatic carbocycles. The number of carbonyl (C=O) groups is 1. The van der Waals surface area contributed by atoms with Crippen LogP contribution in [-0.2, 0) is 4.79 Å². The summed E-state index contributed by atoms with van der Waals surface area (Å²) in [4.78, 5) is 11.1. The minimum absolute atomic E-state index is 0.403. The van der Waals surface area contributed by atoms with E-state index in [0.29, 0.717) is 0 Å². The molecular weight excluding hydrogens is 723 g/mol. The number of hydrogen-bond acceptors (Lipinski definition) is 1. The topological polar surface area (TPSA) is 37.3 Å². The van der Waals surface area contributed by atoms with Crippen molar-refractivity contribution in [1.82, 2.24) is 0 Å². The van der Waals surface area contributed by atoms with E-state index in [1.165, 1.54) is 0 Å². The fourth-order valence-electron chi connectivity index (χ4n) is 2.99. The smallest absolute Gasteiger partial charge is 0.460 e. The summed E-state index contributed by atoms with van der Waals surface area (Å²) in [5.74, 6) is -97.0. The van der Waals surface area contributed by atoms with Crippen LogP contribution >= 0.6 is 0 Å². The highest BCUT2D eigenvalue weighted by atomic mass is 19.4. The number of alkyl halides is 25. The first-order valence-corrected chi connectivity index (χ1v) is 10.2. The highest BCUT2D eigenvalue weighted by Crippen LogP contribution is 2.65. The summed E-state index contributed by atoms with van der Waals surface area (Å²) in [7, 11) is 0.